The molecule has 3 heterocycles. The second kappa shape index (κ2) is 24.0. The van der Waals surface area contributed by atoms with Gasteiger partial charge in [0.15, 0.2) is 0 Å². The Kier molecular flexibility index (Phi) is 17.4. The first-order chi connectivity index (χ1) is 39.5. The predicted molar refractivity (Wildman–Crippen MR) is 328 cm³/mol. The maximum Gasteiger partial charge on any atom is 0.255 e. The number of sulfonamides is 2. The minimum atomic E-state index is -3.71. The second-order valence-electron chi connectivity index (χ2n) is 21.9. The lowest BCUT2D eigenvalue weighted by molar-refractivity contribution is 0.0910. The van der Waals surface area contributed by atoms with Crippen LogP contribution >= 0.6 is 0 Å². The average Bonchev–Trinajstić information content (AvgIpc) is 2.72. The predicted octanol–water partition coefficient (Wildman–Crippen LogP) is 11.2. The SMILES string of the molecule is CCN(c1cc2oc(-c3ccc(-n4cccn4)cc3)c(C(=O)NC)c2cc1-c1cccc(C(=O)NC(C)(C)C)c1)S(C)(=O)=O.CCN(c1cc2oc(-c3ccc(F)cc3)c(C(=O)NC)c2cc1-c1cccc(C(=O)NC(C)(C)C)c1)S(C)(=O)=O. The quantitative estimate of drug-likeness (QED) is 0.0753. The Morgan fingerprint density at radius 3 is 1.30 bits per heavy atom. The zero-order valence-electron chi connectivity index (χ0n) is 48.8. The molecule has 0 fully saturated rings. The Hall–Kier alpha value is -9.08. The van der Waals surface area contributed by atoms with Crippen molar-refractivity contribution in [1.82, 2.24) is 31.0 Å². The number of rotatable bonds is 15. The normalized spacial score (nSPS) is 11.9. The van der Waals surface area contributed by atoms with Crippen LogP contribution in [0.5, 0.6) is 0 Å². The summed E-state index contributed by atoms with van der Waals surface area (Å²) in [7, 11) is -4.37. The summed E-state index contributed by atoms with van der Waals surface area (Å²) < 4.78 is 81.9. The van der Waals surface area contributed by atoms with Crippen LogP contribution in [-0.2, 0) is 20.0 Å². The maximum atomic E-state index is 13.6. The first-order valence-corrected chi connectivity index (χ1v) is 30.6. The molecule has 0 saturated heterocycles. The number of aromatic nitrogens is 2. The molecule has 0 spiro atoms. The van der Waals surface area contributed by atoms with Gasteiger partial charge in [-0.1, -0.05) is 24.3 Å². The third kappa shape index (κ3) is 13.4. The van der Waals surface area contributed by atoms with E-state index in [1.165, 1.54) is 39.9 Å². The Bertz CT molecular complexity index is 4200. The van der Waals surface area contributed by atoms with Crippen LogP contribution in [0.4, 0.5) is 15.8 Å². The number of halogens is 1. The molecule has 18 nitrogen and oxygen atoms in total. The molecule has 0 radical (unpaired) electrons. The molecule has 0 aliphatic carbocycles. The van der Waals surface area contributed by atoms with Gasteiger partial charge in [0.1, 0.15) is 28.5 Å². The zero-order chi connectivity index (χ0) is 61.2. The summed E-state index contributed by atoms with van der Waals surface area (Å²) in [6.07, 6.45) is 5.77. The van der Waals surface area contributed by atoms with Gasteiger partial charge < -0.3 is 30.1 Å². The third-order valence-electron chi connectivity index (χ3n) is 13.3. The van der Waals surface area contributed by atoms with E-state index in [9.17, 15) is 40.4 Å². The van der Waals surface area contributed by atoms with Gasteiger partial charge in [-0.25, -0.2) is 25.9 Å². The van der Waals surface area contributed by atoms with Crippen molar-refractivity contribution in [3.8, 4) is 50.6 Å². The lowest BCUT2D eigenvalue weighted by Crippen LogP contribution is -2.40. The largest absolute Gasteiger partial charge is 0.455 e. The lowest BCUT2D eigenvalue weighted by atomic mass is 9.97. The van der Waals surface area contributed by atoms with Gasteiger partial charge >= 0.3 is 0 Å². The van der Waals surface area contributed by atoms with Crippen molar-refractivity contribution in [3.63, 3.8) is 0 Å². The van der Waals surface area contributed by atoms with Gasteiger partial charge in [-0.2, -0.15) is 5.10 Å². The van der Waals surface area contributed by atoms with Crippen molar-refractivity contribution in [2.75, 3.05) is 48.3 Å². The van der Waals surface area contributed by atoms with Gasteiger partial charge in [-0.3, -0.25) is 27.8 Å². The van der Waals surface area contributed by atoms with Gasteiger partial charge in [0.2, 0.25) is 20.0 Å². The summed E-state index contributed by atoms with van der Waals surface area (Å²) in [6, 6.07) is 35.3. The summed E-state index contributed by atoms with van der Waals surface area (Å²) in [5.41, 5.74) is 5.95. The average molecular weight is 1180 g/mol. The standard InChI is InChI=1S/C33H35N5O5S.C30H32FN3O5S/c1-7-38(44(6,41)42)27-20-28-26(19-25(27)22-10-8-11-23(18-22)31(39)36-33(2,3)4)29(32(40)34-5)30(43-28)21-12-14-24(15-13-21)37-17-9-16-35-37;1-7-34(40(6,37)38)24-17-25-23(26(29(36)32-5)27(39-25)18-11-13-21(31)14-12-18)16-22(24)19-9-8-10-20(15-19)28(35)33-30(2,3)4/h8-20H,7H2,1-6H3,(H,34,40)(H,36,39);8-17H,7H2,1-6H3,(H,32,36)(H,33,35). The topological polar surface area (TPSA) is 235 Å². The molecule has 0 aliphatic rings. The molecule has 0 bridgehead atoms. The van der Waals surface area contributed by atoms with E-state index in [2.05, 4.69) is 26.4 Å². The highest BCUT2D eigenvalue weighted by Gasteiger charge is 2.30. The summed E-state index contributed by atoms with van der Waals surface area (Å²) in [4.78, 5) is 52.4. The molecule has 21 heteroatoms. The van der Waals surface area contributed by atoms with Crippen molar-refractivity contribution in [2.24, 2.45) is 0 Å². The number of anilines is 2. The number of nitrogens with zero attached hydrogens (tertiary/aromatic N) is 4. The van der Waals surface area contributed by atoms with Crippen molar-refractivity contribution in [1.29, 1.82) is 0 Å². The van der Waals surface area contributed by atoms with E-state index in [4.69, 9.17) is 8.83 Å². The number of furan rings is 2. The molecule has 4 N–H and O–H groups in total. The van der Waals surface area contributed by atoms with Crippen LogP contribution in [0.15, 0.2) is 149 Å². The number of hydrogen-bond acceptors (Lipinski definition) is 11. The number of carbonyl (C=O) groups excluding carboxylic acids is 4. The molecule has 9 rings (SSSR count). The van der Waals surface area contributed by atoms with Crippen LogP contribution in [0.3, 0.4) is 0 Å². The van der Waals surface area contributed by atoms with Gasteiger partial charge in [0.05, 0.1) is 40.7 Å². The van der Waals surface area contributed by atoms with Gasteiger partial charge in [0.25, 0.3) is 23.6 Å². The van der Waals surface area contributed by atoms with E-state index in [1.807, 2.05) is 84.1 Å². The molecule has 3 aromatic heterocycles. The first-order valence-electron chi connectivity index (χ1n) is 26.9. The Labute approximate surface area is 488 Å². The lowest BCUT2D eigenvalue weighted by Gasteiger charge is -2.24. The fourth-order valence-electron chi connectivity index (χ4n) is 9.68. The minimum absolute atomic E-state index is 0.134. The molecule has 4 amide bonds. The van der Waals surface area contributed by atoms with E-state index in [1.54, 1.807) is 98.5 Å². The van der Waals surface area contributed by atoms with E-state index >= 15 is 0 Å². The van der Waals surface area contributed by atoms with Crippen LogP contribution in [0, 0.1) is 5.82 Å². The number of amides is 4. The van der Waals surface area contributed by atoms with Crippen LogP contribution in [0.2, 0.25) is 0 Å². The molecule has 0 saturated carbocycles. The van der Waals surface area contributed by atoms with Crippen LogP contribution in [0.25, 0.3) is 72.5 Å². The van der Waals surface area contributed by atoms with Gasteiger partial charge in [-0.15, -0.1) is 0 Å². The second-order valence-corrected chi connectivity index (χ2v) is 25.7. The fourth-order valence-corrected chi connectivity index (χ4v) is 11.6. The Balaban J connectivity index is 0.000000220. The molecule has 84 heavy (non-hydrogen) atoms. The minimum Gasteiger partial charge on any atom is -0.455 e. The monoisotopic (exact) mass is 1180 g/mol. The molecule has 9 aromatic rings. The molecular formula is C63H67FN8O10S2. The van der Waals surface area contributed by atoms with Crippen LogP contribution in [-0.4, -0.2) is 101 Å². The highest BCUT2D eigenvalue weighted by molar-refractivity contribution is 7.92. The third-order valence-corrected chi connectivity index (χ3v) is 15.8. The summed E-state index contributed by atoms with van der Waals surface area (Å²) in [6.45, 7) is 15.1. The molecule has 6 aromatic carbocycles. The van der Waals surface area contributed by atoms with Crippen molar-refractivity contribution in [2.45, 2.75) is 66.5 Å². The number of nitrogens with one attached hydrogen (secondary N) is 4. The number of hydrogen-bond donors (Lipinski definition) is 4. The Morgan fingerprint density at radius 2 is 0.952 bits per heavy atom. The highest BCUT2D eigenvalue weighted by Crippen LogP contribution is 2.44. The van der Waals surface area contributed by atoms with Crippen molar-refractivity contribution in [3.05, 3.63) is 168 Å². The molecule has 0 atom stereocenters. The van der Waals surface area contributed by atoms with E-state index in [-0.39, 0.29) is 47.7 Å². The number of benzene rings is 6. The summed E-state index contributed by atoms with van der Waals surface area (Å²) in [5, 5.41) is 16.4. The van der Waals surface area contributed by atoms with Crippen LogP contribution < -0.4 is 29.9 Å². The van der Waals surface area contributed by atoms with E-state index in [0.29, 0.717) is 83.6 Å². The highest BCUT2D eigenvalue weighted by atomic mass is 32.2. The van der Waals surface area contributed by atoms with E-state index in [0.717, 1.165) is 18.2 Å². The summed E-state index contributed by atoms with van der Waals surface area (Å²) in [5.74, 6) is -1.19. The number of carbonyl (C=O) groups is 4. The fraction of sp³-hybridized carbons (Fsp3) is 0.254. The van der Waals surface area contributed by atoms with Gasteiger partial charge in [-0.05, 0) is 158 Å². The summed E-state index contributed by atoms with van der Waals surface area (Å²) >= 11 is 0. The molecule has 0 unspecified atom stereocenters. The van der Waals surface area contributed by atoms with Crippen molar-refractivity contribution < 1.29 is 49.2 Å². The first kappa shape index (κ1) is 61.0. The maximum absolute atomic E-state index is 13.6. The van der Waals surface area contributed by atoms with Crippen molar-refractivity contribution >= 4 is 77.0 Å². The molecule has 438 valence electrons. The van der Waals surface area contributed by atoms with Crippen LogP contribution in [0.1, 0.15) is 96.8 Å². The molecule has 0 aliphatic heterocycles. The van der Waals surface area contributed by atoms with E-state index < -0.39 is 42.8 Å². The smallest absolute Gasteiger partial charge is 0.255 e. The molecular weight excluding hydrogens is 1110 g/mol. The number of fused-ring (bicyclic) bond motifs is 2. The van der Waals surface area contributed by atoms with Gasteiger partial charge in [0, 0.05) is 107 Å². The Morgan fingerprint density at radius 1 is 0.548 bits per heavy atom. The zero-order valence-corrected chi connectivity index (χ0v) is 50.4.